The Bertz CT molecular complexity index is 1000. The van der Waals surface area contributed by atoms with Crippen LogP contribution in [0, 0.1) is 12.7 Å². The SMILES string of the molecule is Cc1cc(S(=O)(=O)Nc2ccc(C(=O)NCCCN3CCN(C)CC3)cc2)ccc1F. The lowest BCUT2D eigenvalue weighted by Gasteiger charge is -2.32. The van der Waals surface area contributed by atoms with Gasteiger partial charge in [-0.1, -0.05) is 0 Å². The number of nitrogens with one attached hydrogen (secondary N) is 2. The standard InChI is InChI=1S/C22H29FN4O3S/c1-17-16-20(8-9-21(17)23)31(29,30)25-19-6-4-18(5-7-19)22(28)24-10-3-11-27-14-12-26(2)13-15-27/h4-9,16,25H,3,10-15H2,1-2H3,(H,24,28). The Kier molecular flexibility index (Phi) is 7.64. The average Bonchev–Trinajstić information content (AvgIpc) is 2.74. The van der Waals surface area contributed by atoms with Gasteiger partial charge in [0.2, 0.25) is 0 Å². The van der Waals surface area contributed by atoms with Crippen molar-refractivity contribution in [1.82, 2.24) is 15.1 Å². The average molecular weight is 449 g/mol. The number of hydrogen-bond acceptors (Lipinski definition) is 5. The van der Waals surface area contributed by atoms with E-state index in [1.54, 1.807) is 12.1 Å². The molecule has 3 rings (SSSR count). The maximum atomic E-state index is 13.4. The second kappa shape index (κ2) is 10.2. The zero-order valence-corrected chi connectivity index (χ0v) is 18.7. The van der Waals surface area contributed by atoms with E-state index >= 15 is 0 Å². The minimum atomic E-state index is -3.84. The van der Waals surface area contributed by atoms with Gasteiger partial charge >= 0.3 is 0 Å². The quantitative estimate of drug-likeness (QED) is 0.606. The van der Waals surface area contributed by atoms with Gasteiger partial charge in [0.25, 0.3) is 15.9 Å². The highest BCUT2D eigenvalue weighted by Gasteiger charge is 2.16. The van der Waals surface area contributed by atoms with E-state index in [-0.39, 0.29) is 16.4 Å². The maximum absolute atomic E-state index is 13.4. The van der Waals surface area contributed by atoms with Gasteiger partial charge in [-0.05, 0) is 75.0 Å². The van der Waals surface area contributed by atoms with E-state index in [4.69, 9.17) is 0 Å². The molecular weight excluding hydrogens is 419 g/mol. The van der Waals surface area contributed by atoms with E-state index in [1.165, 1.54) is 31.2 Å². The molecule has 7 nitrogen and oxygen atoms in total. The van der Waals surface area contributed by atoms with E-state index < -0.39 is 15.8 Å². The van der Waals surface area contributed by atoms with Crippen LogP contribution in [-0.2, 0) is 10.0 Å². The van der Waals surface area contributed by atoms with Crippen molar-refractivity contribution >= 4 is 21.6 Å². The van der Waals surface area contributed by atoms with Crippen molar-refractivity contribution in [3.8, 4) is 0 Å². The Morgan fingerprint density at radius 2 is 1.74 bits per heavy atom. The number of carbonyl (C=O) groups is 1. The molecule has 1 heterocycles. The molecule has 1 fully saturated rings. The fourth-order valence-electron chi connectivity index (χ4n) is 3.37. The van der Waals surface area contributed by atoms with E-state index in [9.17, 15) is 17.6 Å². The number of halogens is 1. The first-order valence-corrected chi connectivity index (χ1v) is 11.8. The summed E-state index contributed by atoms with van der Waals surface area (Å²) in [7, 11) is -1.72. The second-order valence-electron chi connectivity index (χ2n) is 7.85. The van der Waals surface area contributed by atoms with Crippen LogP contribution in [0.25, 0.3) is 0 Å². The number of rotatable bonds is 8. The monoisotopic (exact) mass is 448 g/mol. The Balaban J connectivity index is 1.48. The lowest BCUT2D eigenvalue weighted by molar-refractivity contribution is 0.0949. The third-order valence-corrected chi connectivity index (χ3v) is 6.75. The number of piperazine rings is 1. The molecular formula is C22H29FN4O3S. The molecule has 0 saturated carbocycles. The Morgan fingerprint density at radius 1 is 1.06 bits per heavy atom. The van der Waals surface area contributed by atoms with Crippen LogP contribution in [0.1, 0.15) is 22.3 Å². The summed E-state index contributed by atoms with van der Waals surface area (Å²) in [5.41, 5.74) is 1.04. The number of amides is 1. The Labute approximate surface area is 183 Å². The number of anilines is 1. The van der Waals surface area contributed by atoms with E-state index in [1.807, 2.05) is 0 Å². The first-order chi connectivity index (χ1) is 14.7. The molecule has 1 amide bonds. The summed E-state index contributed by atoms with van der Waals surface area (Å²) in [6.07, 6.45) is 0.879. The van der Waals surface area contributed by atoms with Gasteiger partial charge in [0.1, 0.15) is 5.82 Å². The molecule has 0 unspecified atom stereocenters. The highest BCUT2D eigenvalue weighted by Crippen LogP contribution is 2.19. The third kappa shape index (κ3) is 6.49. The summed E-state index contributed by atoms with van der Waals surface area (Å²) in [6.45, 7) is 7.30. The molecule has 0 aromatic heterocycles. The van der Waals surface area contributed by atoms with Crippen LogP contribution >= 0.6 is 0 Å². The van der Waals surface area contributed by atoms with Crippen LogP contribution in [0.2, 0.25) is 0 Å². The molecule has 9 heteroatoms. The third-order valence-electron chi connectivity index (χ3n) is 5.37. The molecule has 0 atom stereocenters. The highest BCUT2D eigenvalue weighted by atomic mass is 32.2. The predicted octanol–water partition coefficient (Wildman–Crippen LogP) is 2.30. The number of nitrogens with zero attached hydrogens (tertiary/aromatic N) is 2. The molecule has 0 radical (unpaired) electrons. The van der Waals surface area contributed by atoms with Crippen molar-refractivity contribution in [2.24, 2.45) is 0 Å². The Morgan fingerprint density at radius 3 is 2.39 bits per heavy atom. The van der Waals surface area contributed by atoms with E-state index in [0.29, 0.717) is 17.8 Å². The summed E-state index contributed by atoms with van der Waals surface area (Å²) in [5, 5.41) is 2.90. The minimum absolute atomic E-state index is 0.0198. The van der Waals surface area contributed by atoms with Crippen molar-refractivity contribution in [3.05, 3.63) is 59.4 Å². The summed E-state index contributed by atoms with van der Waals surface area (Å²) >= 11 is 0. The van der Waals surface area contributed by atoms with E-state index in [0.717, 1.165) is 45.2 Å². The van der Waals surface area contributed by atoms with Gasteiger partial charge < -0.3 is 15.1 Å². The number of aryl methyl sites for hydroxylation is 1. The first kappa shape index (κ1) is 23.2. The number of benzene rings is 2. The zero-order valence-electron chi connectivity index (χ0n) is 17.9. The molecule has 31 heavy (non-hydrogen) atoms. The summed E-state index contributed by atoms with van der Waals surface area (Å²) in [6, 6.07) is 9.84. The molecule has 1 aliphatic rings. The van der Waals surface area contributed by atoms with E-state index in [2.05, 4.69) is 26.9 Å². The maximum Gasteiger partial charge on any atom is 0.261 e. The Hall–Kier alpha value is -2.49. The molecule has 2 N–H and O–H groups in total. The molecule has 168 valence electrons. The topological polar surface area (TPSA) is 81.7 Å². The molecule has 0 spiro atoms. The first-order valence-electron chi connectivity index (χ1n) is 10.3. The minimum Gasteiger partial charge on any atom is -0.352 e. The molecule has 1 saturated heterocycles. The largest absolute Gasteiger partial charge is 0.352 e. The number of carbonyl (C=O) groups excluding carboxylic acids is 1. The molecule has 1 aliphatic heterocycles. The van der Waals surface area contributed by atoms with Crippen LogP contribution in [0.3, 0.4) is 0 Å². The van der Waals surface area contributed by atoms with Gasteiger partial charge in [-0.15, -0.1) is 0 Å². The van der Waals surface area contributed by atoms with Crippen molar-refractivity contribution in [2.75, 3.05) is 51.0 Å². The zero-order chi connectivity index (χ0) is 22.4. The normalized spacial score (nSPS) is 15.6. The van der Waals surface area contributed by atoms with Crippen molar-refractivity contribution in [3.63, 3.8) is 0 Å². The van der Waals surface area contributed by atoms with Crippen molar-refractivity contribution in [2.45, 2.75) is 18.2 Å². The van der Waals surface area contributed by atoms with Crippen molar-refractivity contribution < 1.29 is 17.6 Å². The number of sulfonamides is 1. The van der Waals surface area contributed by atoms with Gasteiger partial charge in [-0.25, -0.2) is 12.8 Å². The van der Waals surface area contributed by atoms with Crippen LogP contribution in [0.4, 0.5) is 10.1 Å². The van der Waals surface area contributed by atoms with Gasteiger partial charge in [0.15, 0.2) is 0 Å². The van der Waals surface area contributed by atoms with Gasteiger partial charge in [0, 0.05) is 44.0 Å². The summed E-state index contributed by atoms with van der Waals surface area (Å²) in [5.74, 6) is -0.653. The number of likely N-dealkylation sites (N-methyl/N-ethyl adjacent to an activating group) is 1. The number of hydrogen-bond donors (Lipinski definition) is 2. The summed E-state index contributed by atoms with van der Waals surface area (Å²) in [4.78, 5) is 17.0. The van der Waals surface area contributed by atoms with Crippen LogP contribution < -0.4 is 10.0 Å². The van der Waals surface area contributed by atoms with Gasteiger partial charge in [-0.2, -0.15) is 0 Å². The molecule has 0 aliphatic carbocycles. The molecule has 0 bridgehead atoms. The fourth-order valence-corrected chi connectivity index (χ4v) is 4.51. The van der Waals surface area contributed by atoms with Gasteiger partial charge in [-0.3, -0.25) is 9.52 Å². The molecule has 2 aromatic rings. The fraction of sp³-hybridized carbons (Fsp3) is 0.409. The van der Waals surface area contributed by atoms with Crippen LogP contribution in [-0.4, -0.2) is 70.4 Å². The lowest BCUT2D eigenvalue weighted by atomic mass is 10.2. The smallest absolute Gasteiger partial charge is 0.261 e. The predicted molar refractivity (Wildman–Crippen MR) is 119 cm³/mol. The van der Waals surface area contributed by atoms with Gasteiger partial charge in [0.05, 0.1) is 4.90 Å². The second-order valence-corrected chi connectivity index (χ2v) is 9.53. The molecule has 2 aromatic carbocycles. The van der Waals surface area contributed by atoms with Crippen molar-refractivity contribution in [1.29, 1.82) is 0 Å². The van der Waals surface area contributed by atoms with Crippen LogP contribution in [0.15, 0.2) is 47.4 Å². The summed E-state index contributed by atoms with van der Waals surface area (Å²) < 4.78 is 40.8. The van der Waals surface area contributed by atoms with Crippen LogP contribution in [0.5, 0.6) is 0 Å². The highest BCUT2D eigenvalue weighted by molar-refractivity contribution is 7.92. The lowest BCUT2D eigenvalue weighted by Crippen LogP contribution is -2.45.